The molecule has 24 heavy (non-hydrogen) atoms. The van der Waals surface area contributed by atoms with Crippen molar-refractivity contribution in [1.82, 2.24) is 10.6 Å². The van der Waals surface area contributed by atoms with Gasteiger partial charge in [0.05, 0.1) is 24.5 Å². The van der Waals surface area contributed by atoms with Gasteiger partial charge in [-0.2, -0.15) is 0 Å². The van der Waals surface area contributed by atoms with E-state index in [1.54, 1.807) is 13.0 Å². The molecule has 2 aromatic rings. The first-order valence-electron chi connectivity index (χ1n) is 7.82. The Morgan fingerprint density at radius 2 is 1.92 bits per heavy atom. The van der Waals surface area contributed by atoms with Gasteiger partial charge in [-0.25, -0.2) is 0 Å². The fraction of sp³-hybridized carbons (Fsp3) is 0.333. The standard InChI is InChI=1S/C18H22N2O4/c1-12(10-16(21)14-6-4-3-5-7-14)20-17(22)11-19-18(23)15-8-9-24-13(15)2/h3-9,12,16,21H,10-11H2,1-2H3,(H,19,23)(H,20,22). The van der Waals surface area contributed by atoms with Crippen molar-refractivity contribution in [2.24, 2.45) is 0 Å². The van der Waals surface area contributed by atoms with Crippen molar-refractivity contribution in [3.05, 3.63) is 59.5 Å². The van der Waals surface area contributed by atoms with Crippen LogP contribution in [0, 0.1) is 6.92 Å². The van der Waals surface area contributed by atoms with Gasteiger partial charge in [0.2, 0.25) is 5.91 Å². The number of carbonyl (C=O) groups excluding carboxylic acids is 2. The van der Waals surface area contributed by atoms with Crippen LogP contribution >= 0.6 is 0 Å². The van der Waals surface area contributed by atoms with Gasteiger partial charge in [0, 0.05) is 6.04 Å². The van der Waals surface area contributed by atoms with E-state index in [0.29, 0.717) is 17.7 Å². The SMILES string of the molecule is Cc1occc1C(=O)NCC(=O)NC(C)CC(O)c1ccccc1. The van der Waals surface area contributed by atoms with Gasteiger partial charge in [0.25, 0.3) is 5.91 Å². The third kappa shape index (κ3) is 4.96. The molecule has 0 aliphatic heterocycles. The van der Waals surface area contributed by atoms with E-state index in [-0.39, 0.29) is 24.4 Å². The van der Waals surface area contributed by atoms with E-state index < -0.39 is 6.10 Å². The monoisotopic (exact) mass is 330 g/mol. The lowest BCUT2D eigenvalue weighted by molar-refractivity contribution is -0.120. The van der Waals surface area contributed by atoms with Crippen molar-refractivity contribution in [2.75, 3.05) is 6.54 Å². The lowest BCUT2D eigenvalue weighted by Gasteiger charge is -2.18. The van der Waals surface area contributed by atoms with E-state index in [2.05, 4.69) is 10.6 Å². The van der Waals surface area contributed by atoms with Gasteiger partial charge in [0.1, 0.15) is 5.76 Å². The molecule has 6 heteroatoms. The van der Waals surface area contributed by atoms with Crippen LogP contribution in [0.25, 0.3) is 0 Å². The van der Waals surface area contributed by atoms with Crippen molar-refractivity contribution in [3.8, 4) is 0 Å². The number of nitrogens with one attached hydrogen (secondary N) is 2. The molecule has 1 aromatic heterocycles. The Labute approximate surface area is 140 Å². The number of aliphatic hydroxyl groups excluding tert-OH is 1. The Balaban J connectivity index is 1.75. The summed E-state index contributed by atoms with van der Waals surface area (Å²) in [7, 11) is 0. The van der Waals surface area contributed by atoms with Gasteiger partial charge in [0.15, 0.2) is 0 Å². The molecule has 0 aliphatic carbocycles. The third-order valence-corrected chi connectivity index (χ3v) is 3.68. The maximum atomic E-state index is 11.9. The van der Waals surface area contributed by atoms with Gasteiger partial charge in [-0.05, 0) is 31.9 Å². The quantitative estimate of drug-likeness (QED) is 0.723. The van der Waals surface area contributed by atoms with Gasteiger partial charge in [-0.1, -0.05) is 30.3 Å². The van der Waals surface area contributed by atoms with Crippen molar-refractivity contribution < 1.29 is 19.1 Å². The average Bonchev–Trinajstić information content (AvgIpc) is 2.99. The molecule has 2 amide bonds. The maximum absolute atomic E-state index is 11.9. The van der Waals surface area contributed by atoms with Gasteiger partial charge < -0.3 is 20.2 Å². The summed E-state index contributed by atoms with van der Waals surface area (Å²) in [6.45, 7) is 3.36. The predicted octanol–water partition coefficient (Wildman–Crippen LogP) is 1.95. The molecule has 0 radical (unpaired) electrons. The first kappa shape index (κ1) is 17.7. The number of furan rings is 1. The number of aryl methyl sites for hydroxylation is 1. The Hall–Kier alpha value is -2.60. The smallest absolute Gasteiger partial charge is 0.255 e. The summed E-state index contributed by atoms with van der Waals surface area (Å²) in [5.41, 5.74) is 1.22. The molecule has 0 saturated heterocycles. The molecule has 0 aliphatic rings. The Morgan fingerprint density at radius 1 is 1.21 bits per heavy atom. The number of benzene rings is 1. The van der Waals surface area contributed by atoms with Crippen LogP contribution in [0.5, 0.6) is 0 Å². The van der Waals surface area contributed by atoms with E-state index in [4.69, 9.17) is 4.42 Å². The first-order chi connectivity index (χ1) is 11.5. The lowest BCUT2D eigenvalue weighted by atomic mass is 10.0. The van der Waals surface area contributed by atoms with Crippen LogP contribution in [0.3, 0.4) is 0 Å². The fourth-order valence-corrected chi connectivity index (χ4v) is 2.41. The maximum Gasteiger partial charge on any atom is 0.255 e. The zero-order valence-electron chi connectivity index (χ0n) is 13.8. The van der Waals surface area contributed by atoms with Crippen LogP contribution in [0.4, 0.5) is 0 Å². The second kappa shape index (κ2) is 8.31. The Kier molecular flexibility index (Phi) is 6.14. The molecule has 128 valence electrons. The minimum absolute atomic E-state index is 0.130. The lowest BCUT2D eigenvalue weighted by Crippen LogP contribution is -2.41. The summed E-state index contributed by atoms with van der Waals surface area (Å²) in [6, 6.07) is 10.6. The van der Waals surface area contributed by atoms with Crippen LogP contribution in [-0.2, 0) is 4.79 Å². The van der Waals surface area contributed by atoms with Gasteiger partial charge in [-0.3, -0.25) is 9.59 Å². The van der Waals surface area contributed by atoms with Crippen LogP contribution in [-0.4, -0.2) is 29.5 Å². The number of hydrogen-bond donors (Lipinski definition) is 3. The Morgan fingerprint density at radius 3 is 2.54 bits per heavy atom. The molecule has 2 unspecified atom stereocenters. The van der Waals surface area contributed by atoms with E-state index >= 15 is 0 Å². The Bertz CT molecular complexity index is 681. The van der Waals surface area contributed by atoms with E-state index in [0.717, 1.165) is 5.56 Å². The number of amides is 2. The topological polar surface area (TPSA) is 91.6 Å². The minimum atomic E-state index is -0.648. The molecule has 3 N–H and O–H groups in total. The average molecular weight is 330 g/mol. The molecule has 0 bridgehead atoms. The third-order valence-electron chi connectivity index (χ3n) is 3.68. The summed E-state index contributed by atoms with van der Waals surface area (Å²) >= 11 is 0. The van der Waals surface area contributed by atoms with Gasteiger partial charge >= 0.3 is 0 Å². The van der Waals surface area contributed by atoms with Crippen molar-refractivity contribution in [1.29, 1.82) is 0 Å². The number of hydrogen-bond acceptors (Lipinski definition) is 4. The van der Waals surface area contributed by atoms with Crippen molar-refractivity contribution in [3.63, 3.8) is 0 Å². The molecule has 2 atom stereocenters. The number of carbonyl (C=O) groups is 2. The highest BCUT2D eigenvalue weighted by Gasteiger charge is 2.16. The molecule has 0 fully saturated rings. The number of rotatable bonds is 7. The highest BCUT2D eigenvalue weighted by molar-refractivity contribution is 5.97. The summed E-state index contributed by atoms with van der Waals surface area (Å²) < 4.78 is 5.05. The van der Waals surface area contributed by atoms with E-state index in [1.807, 2.05) is 37.3 Å². The molecule has 0 spiro atoms. The molecule has 6 nitrogen and oxygen atoms in total. The van der Waals surface area contributed by atoms with E-state index in [1.165, 1.54) is 6.26 Å². The zero-order chi connectivity index (χ0) is 17.5. The fourth-order valence-electron chi connectivity index (χ4n) is 2.41. The second-order valence-electron chi connectivity index (χ2n) is 5.70. The molecular weight excluding hydrogens is 308 g/mol. The number of aliphatic hydroxyl groups is 1. The molecular formula is C18H22N2O4. The largest absolute Gasteiger partial charge is 0.469 e. The van der Waals surface area contributed by atoms with Crippen molar-refractivity contribution in [2.45, 2.75) is 32.4 Å². The van der Waals surface area contributed by atoms with Crippen LogP contribution < -0.4 is 10.6 Å². The highest BCUT2D eigenvalue weighted by atomic mass is 16.3. The first-order valence-corrected chi connectivity index (χ1v) is 7.82. The predicted molar refractivity (Wildman–Crippen MR) is 89.4 cm³/mol. The minimum Gasteiger partial charge on any atom is -0.469 e. The molecule has 2 rings (SSSR count). The molecule has 1 aromatic carbocycles. The van der Waals surface area contributed by atoms with Crippen LogP contribution in [0.15, 0.2) is 47.1 Å². The normalized spacial score (nSPS) is 13.1. The summed E-state index contributed by atoms with van der Waals surface area (Å²) in [6.07, 6.45) is 1.17. The van der Waals surface area contributed by atoms with Gasteiger partial charge in [-0.15, -0.1) is 0 Å². The van der Waals surface area contributed by atoms with Crippen molar-refractivity contribution >= 4 is 11.8 Å². The summed E-state index contributed by atoms with van der Waals surface area (Å²) in [5.74, 6) is -0.155. The van der Waals surface area contributed by atoms with Crippen LogP contribution in [0.2, 0.25) is 0 Å². The molecule has 1 heterocycles. The van der Waals surface area contributed by atoms with E-state index in [9.17, 15) is 14.7 Å². The summed E-state index contributed by atoms with van der Waals surface area (Å²) in [5, 5.41) is 15.4. The summed E-state index contributed by atoms with van der Waals surface area (Å²) in [4.78, 5) is 23.8. The second-order valence-corrected chi connectivity index (χ2v) is 5.70. The zero-order valence-corrected chi connectivity index (χ0v) is 13.8. The van der Waals surface area contributed by atoms with Crippen LogP contribution in [0.1, 0.15) is 41.1 Å². The molecule has 0 saturated carbocycles. The highest BCUT2D eigenvalue weighted by Crippen LogP contribution is 2.17.